The van der Waals surface area contributed by atoms with E-state index >= 15 is 0 Å². The predicted molar refractivity (Wildman–Crippen MR) is 84.0 cm³/mol. The first-order valence-corrected chi connectivity index (χ1v) is 7.57. The zero-order valence-corrected chi connectivity index (χ0v) is 13.1. The molecule has 0 saturated carbocycles. The summed E-state index contributed by atoms with van der Waals surface area (Å²) in [6.45, 7) is 9.43. The lowest BCUT2D eigenvalue weighted by atomic mass is 10.0. The van der Waals surface area contributed by atoms with Gasteiger partial charge >= 0.3 is 0 Å². The summed E-state index contributed by atoms with van der Waals surface area (Å²) in [6.07, 6.45) is 4.83. The zero-order chi connectivity index (χ0) is 15.0. The summed E-state index contributed by atoms with van der Waals surface area (Å²) in [4.78, 5) is 16.3. The second-order valence-corrected chi connectivity index (χ2v) is 5.48. The van der Waals surface area contributed by atoms with Gasteiger partial charge in [-0.15, -0.1) is 0 Å². The van der Waals surface area contributed by atoms with Crippen molar-refractivity contribution in [1.29, 1.82) is 0 Å². The summed E-state index contributed by atoms with van der Waals surface area (Å²) in [7, 11) is 0. The van der Waals surface area contributed by atoms with Gasteiger partial charge in [-0.25, -0.2) is 4.98 Å². The van der Waals surface area contributed by atoms with Crippen molar-refractivity contribution in [3.8, 4) is 0 Å². The van der Waals surface area contributed by atoms with Gasteiger partial charge in [-0.05, 0) is 37.8 Å². The molecule has 2 atom stereocenters. The first-order chi connectivity index (χ1) is 9.56. The molecule has 0 aliphatic carbocycles. The Morgan fingerprint density at radius 1 is 1.30 bits per heavy atom. The maximum atomic E-state index is 12.1. The third-order valence-corrected chi connectivity index (χ3v) is 3.41. The van der Waals surface area contributed by atoms with Crippen LogP contribution in [0.4, 0.5) is 5.82 Å². The predicted octanol–water partition coefficient (Wildman–Crippen LogP) is 3.46. The lowest BCUT2D eigenvalue weighted by molar-refractivity contribution is 0.0935. The number of carbonyl (C=O) groups is 1. The van der Waals surface area contributed by atoms with E-state index in [1.165, 1.54) is 0 Å². The highest BCUT2D eigenvalue weighted by atomic mass is 16.1. The molecule has 1 amide bonds. The van der Waals surface area contributed by atoms with Crippen LogP contribution in [-0.4, -0.2) is 23.5 Å². The molecule has 1 aromatic heterocycles. The topological polar surface area (TPSA) is 54.0 Å². The number of amides is 1. The van der Waals surface area contributed by atoms with Crippen molar-refractivity contribution in [2.24, 2.45) is 5.92 Å². The van der Waals surface area contributed by atoms with Gasteiger partial charge in [0.2, 0.25) is 0 Å². The van der Waals surface area contributed by atoms with E-state index < -0.39 is 0 Å². The first kappa shape index (κ1) is 16.5. The molecule has 2 N–H and O–H groups in total. The van der Waals surface area contributed by atoms with Gasteiger partial charge in [-0.3, -0.25) is 4.79 Å². The normalized spacial score (nSPS) is 13.6. The van der Waals surface area contributed by atoms with Crippen molar-refractivity contribution in [2.75, 3.05) is 11.9 Å². The van der Waals surface area contributed by atoms with Crippen LogP contribution in [0.5, 0.6) is 0 Å². The molecule has 0 aliphatic heterocycles. The number of hydrogen-bond donors (Lipinski definition) is 2. The van der Waals surface area contributed by atoms with Crippen LogP contribution in [0.2, 0.25) is 0 Å². The molecule has 0 bridgehead atoms. The van der Waals surface area contributed by atoms with E-state index in [2.05, 4.69) is 43.3 Å². The van der Waals surface area contributed by atoms with Crippen LogP contribution in [0.25, 0.3) is 0 Å². The maximum absolute atomic E-state index is 12.1. The van der Waals surface area contributed by atoms with Crippen molar-refractivity contribution in [3.63, 3.8) is 0 Å². The molecule has 0 fully saturated rings. The van der Waals surface area contributed by atoms with Gasteiger partial charge < -0.3 is 10.6 Å². The van der Waals surface area contributed by atoms with Gasteiger partial charge in [0.15, 0.2) is 0 Å². The number of hydrogen-bond acceptors (Lipinski definition) is 3. The first-order valence-electron chi connectivity index (χ1n) is 7.57. The smallest absolute Gasteiger partial charge is 0.253 e. The molecule has 112 valence electrons. The molecule has 0 radical (unpaired) electrons. The monoisotopic (exact) mass is 277 g/mol. The van der Waals surface area contributed by atoms with E-state index in [1.54, 1.807) is 6.20 Å². The van der Waals surface area contributed by atoms with E-state index in [-0.39, 0.29) is 11.9 Å². The fraction of sp³-hybridized carbons (Fsp3) is 0.625. The number of rotatable bonds is 8. The Labute approximate surface area is 122 Å². The number of nitrogens with zero attached hydrogens (tertiary/aromatic N) is 1. The second kappa shape index (κ2) is 8.56. The minimum absolute atomic E-state index is 0.0460. The Morgan fingerprint density at radius 2 is 2.05 bits per heavy atom. The van der Waals surface area contributed by atoms with Gasteiger partial charge in [0.25, 0.3) is 5.91 Å². The van der Waals surface area contributed by atoms with E-state index in [9.17, 15) is 4.79 Å². The summed E-state index contributed by atoms with van der Waals surface area (Å²) >= 11 is 0. The average Bonchev–Trinajstić information content (AvgIpc) is 2.45. The molecule has 4 heteroatoms. The van der Waals surface area contributed by atoms with Crippen LogP contribution in [0.1, 0.15) is 57.3 Å². The van der Waals surface area contributed by atoms with Crippen LogP contribution in [-0.2, 0) is 0 Å². The summed E-state index contributed by atoms with van der Waals surface area (Å²) < 4.78 is 0. The van der Waals surface area contributed by atoms with Crippen LogP contribution >= 0.6 is 0 Å². The SMILES string of the molecule is CCCNc1ccc(C(=O)NC(C)CC(C)CC)cn1. The summed E-state index contributed by atoms with van der Waals surface area (Å²) in [6, 6.07) is 3.86. The standard InChI is InChI=1S/C16H27N3O/c1-5-9-17-15-8-7-14(11-18-15)16(20)19-13(4)10-12(3)6-2/h7-8,11-13H,5-6,9-10H2,1-4H3,(H,17,18)(H,19,20). The molecule has 1 rings (SSSR count). The molecule has 0 saturated heterocycles. The summed E-state index contributed by atoms with van der Waals surface area (Å²) in [5.74, 6) is 1.40. The molecule has 0 spiro atoms. The average molecular weight is 277 g/mol. The van der Waals surface area contributed by atoms with Crippen LogP contribution < -0.4 is 10.6 Å². The molecule has 1 aromatic rings. The molecule has 4 nitrogen and oxygen atoms in total. The lowest BCUT2D eigenvalue weighted by Crippen LogP contribution is -2.33. The third kappa shape index (κ3) is 5.59. The molecule has 0 aliphatic rings. The minimum Gasteiger partial charge on any atom is -0.370 e. The quantitative estimate of drug-likeness (QED) is 0.765. The van der Waals surface area contributed by atoms with Crippen molar-refractivity contribution in [1.82, 2.24) is 10.3 Å². The largest absolute Gasteiger partial charge is 0.370 e. The molecule has 20 heavy (non-hydrogen) atoms. The fourth-order valence-electron chi connectivity index (χ4n) is 2.02. The van der Waals surface area contributed by atoms with Gasteiger partial charge in [-0.2, -0.15) is 0 Å². The second-order valence-electron chi connectivity index (χ2n) is 5.48. The number of carbonyl (C=O) groups excluding carboxylic acids is 1. The third-order valence-electron chi connectivity index (χ3n) is 3.41. The van der Waals surface area contributed by atoms with E-state index in [1.807, 2.05) is 12.1 Å². The van der Waals surface area contributed by atoms with Crippen LogP contribution in [0.3, 0.4) is 0 Å². The Balaban J connectivity index is 2.50. The Morgan fingerprint density at radius 3 is 2.60 bits per heavy atom. The molecule has 0 aromatic carbocycles. The van der Waals surface area contributed by atoms with Crippen molar-refractivity contribution < 1.29 is 4.79 Å². The Bertz CT molecular complexity index is 403. The zero-order valence-electron chi connectivity index (χ0n) is 13.1. The highest BCUT2D eigenvalue weighted by molar-refractivity contribution is 5.94. The minimum atomic E-state index is -0.0460. The van der Waals surface area contributed by atoms with Crippen LogP contribution in [0, 0.1) is 5.92 Å². The Hall–Kier alpha value is -1.58. The lowest BCUT2D eigenvalue weighted by Gasteiger charge is -2.17. The maximum Gasteiger partial charge on any atom is 0.253 e. The van der Waals surface area contributed by atoms with Gasteiger partial charge in [0.05, 0.1) is 5.56 Å². The molecule has 1 heterocycles. The van der Waals surface area contributed by atoms with Gasteiger partial charge in [0.1, 0.15) is 5.82 Å². The molecular formula is C16H27N3O. The van der Waals surface area contributed by atoms with Crippen molar-refractivity contribution in [3.05, 3.63) is 23.9 Å². The van der Waals surface area contributed by atoms with E-state index in [0.29, 0.717) is 11.5 Å². The number of anilines is 1. The summed E-state index contributed by atoms with van der Waals surface area (Å²) in [5, 5.41) is 6.22. The van der Waals surface area contributed by atoms with Crippen LogP contribution in [0.15, 0.2) is 18.3 Å². The van der Waals surface area contributed by atoms with Crippen molar-refractivity contribution >= 4 is 11.7 Å². The fourth-order valence-corrected chi connectivity index (χ4v) is 2.02. The van der Waals surface area contributed by atoms with Crippen molar-refractivity contribution in [2.45, 2.75) is 53.0 Å². The van der Waals surface area contributed by atoms with E-state index in [4.69, 9.17) is 0 Å². The van der Waals surface area contributed by atoms with Gasteiger partial charge in [-0.1, -0.05) is 27.2 Å². The number of nitrogens with one attached hydrogen (secondary N) is 2. The number of pyridine rings is 1. The highest BCUT2D eigenvalue weighted by Gasteiger charge is 2.12. The Kier molecular flexibility index (Phi) is 7.05. The summed E-state index contributed by atoms with van der Waals surface area (Å²) in [5.41, 5.74) is 0.614. The highest BCUT2D eigenvalue weighted by Crippen LogP contribution is 2.10. The van der Waals surface area contributed by atoms with Gasteiger partial charge in [0, 0.05) is 18.8 Å². The van der Waals surface area contributed by atoms with E-state index in [0.717, 1.165) is 31.6 Å². The molecular weight excluding hydrogens is 250 g/mol. The molecule has 2 unspecified atom stereocenters. The number of aromatic nitrogens is 1.